The Balaban J connectivity index is 2.33. The van der Waals surface area contributed by atoms with Crippen LogP contribution in [-0.2, 0) is 0 Å². The predicted octanol–water partition coefficient (Wildman–Crippen LogP) is 2.06. The van der Waals surface area contributed by atoms with Gasteiger partial charge in [0.15, 0.2) is 0 Å². The minimum absolute atomic E-state index is 0.0958. The standard InChI is InChI=1S/C14H15NO2/c15-10-17-13-9-5-4-8-12(13)14(16)11-6-2-1-3-7-11/h1-9,14,16H,10,15H2. The van der Waals surface area contributed by atoms with E-state index in [4.69, 9.17) is 10.5 Å². The monoisotopic (exact) mass is 229 g/mol. The van der Waals surface area contributed by atoms with Gasteiger partial charge in [-0.25, -0.2) is 0 Å². The molecule has 1 unspecified atom stereocenters. The number of hydrogen-bond donors (Lipinski definition) is 2. The molecule has 0 aliphatic heterocycles. The molecule has 2 rings (SSSR count). The molecule has 3 heteroatoms. The molecule has 3 nitrogen and oxygen atoms in total. The summed E-state index contributed by atoms with van der Waals surface area (Å²) in [6.07, 6.45) is -0.695. The molecule has 0 heterocycles. The quantitative estimate of drug-likeness (QED) is 0.789. The van der Waals surface area contributed by atoms with E-state index in [1.54, 1.807) is 6.07 Å². The number of ether oxygens (including phenoxy) is 1. The summed E-state index contributed by atoms with van der Waals surface area (Å²) in [5.74, 6) is 0.617. The molecule has 0 radical (unpaired) electrons. The number of aliphatic hydroxyl groups excluding tert-OH is 1. The van der Waals surface area contributed by atoms with Crippen LogP contribution < -0.4 is 10.5 Å². The van der Waals surface area contributed by atoms with Gasteiger partial charge in [0.1, 0.15) is 18.6 Å². The lowest BCUT2D eigenvalue weighted by Gasteiger charge is -2.15. The van der Waals surface area contributed by atoms with E-state index in [2.05, 4.69) is 0 Å². The van der Waals surface area contributed by atoms with E-state index >= 15 is 0 Å². The van der Waals surface area contributed by atoms with Gasteiger partial charge in [-0.1, -0.05) is 48.5 Å². The lowest BCUT2D eigenvalue weighted by molar-refractivity contribution is 0.211. The Morgan fingerprint density at radius 3 is 2.35 bits per heavy atom. The first kappa shape index (κ1) is 11.6. The first-order chi connectivity index (χ1) is 8.33. The van der Waals surface area contributed by atoms with Crippen LogP contribution in [0, 0.1) is 0 Å². The van der Waals surface area contributed by atoms with Gasteiger partial charge in [0, 0.05) is 5.56 Å². The van der Waals surface area contributed by atoms with Crippen molar-refractivity contribution in [3.63, 3.8) is 0 Å². The Kier molecular flexibility index (Phi) is 3.75. The number of rotatable bonds is 4. The average molecular weight is 229 g/mol. The maximum Gasteiger partial charge on any atom is 0.137 e. The Morgan fingerprint density at radius 2 is 1.65 bits per heavy atom. The summed E-state index contributed by atoms with van der Waals surface area (Å²) in [4.78, 5) is 0. The summed E-state index contributed by atoms with van der Waals surface area (Å²) >= 11 is 0. The normalized spacial score (nSPS) is 12.1. The highest BCUT2D eigenvalue weighted by Crippen LogP contribution is 2.29. The van der Waals surface area contributed by atoms with Crippen LogP contribution in [0.3, 0.4) is 0 Å². The van der Waals surface area contributed by atoms with E-state index in [1.165, 1.54) is 0 Å². The van der Waals surface area contributed by atoms with Crippen LogP contribution in [-0.4, -0.2) is 11.8 Å². The molecular formula is C14H15NO2. The van der Waals surface area contributed by atoms with Crippen LogP contribution in [0.5, 0.6) is 5.75 Å². The largest absolute Gasteiger partial charge is 0.478 e. The third kappa shape index (κ3) is 2.64. The third-order valence-electron chi connectivity index (χ3n) is 2.57. The van der Waals surface area contributed by atoms with Crippen LogP contribution in [0.2, 0.25) is 0 Å². The molecule has 2 aromatic rings. The molecule has 0 bridgehead atoms. The van der Waals surface area contributed by atoms with Gasteiger partial charge in [-0.2, -0.15) is 0 Å². The van der Waals surface area contributed by atoms with Gasteiger partial charge in [0.25, 0.3) is 0 Å². The third-order valence-corrected chi connectivity index (χ3v) is 2.57. The van der Waals surface area contributed by atoms with E-state index < -0.39 is 6.10 Å². The molecular weight excluding hydrogens is 214 g/mol. The molecule has 0 saturated heterocycles. The Bertz CT molecular complexity index is 471. The fraction of sp³-hybridized carbons (Fsp3) is 0.143. The number of para-hydroxylation sites is 1. The lowest BCUT2D eigenvalue weighted by atomic mass is 10.0. The number of nitrogens with two attached hydrogens (primary N) is 1. The maximum absolute atomic E-state index is 10.3. The van der Waals surface area contributed by atoms with E-state index in [0.29, 0.717) is 5.75 Å². The topological polar surface area (TPSA) is 55.5 Å². The van der Waals surface area contributed by atoms with Crippen molar-refractivity contribution in [3.05, 3.63) is 65.7 Å². The summed E-state index contributed by atoms with van der Waals surface area (Å²) in [6.45, 7) is 0.0958. The fourth-order valence-electron chi connectivity index (χ4n) is 1.74. The lowest BCUT2D eigenvalue weighted by Crippen LogP contribution is -2.10. The SMILES string of the molecule is NCOc1ccccc1C(O)c1ccccc1. The molecule has 0 amide bonds. The second-order valence-corrected chi connectivity index (χ2v) is 3.66. The predicted molar refractivity (Wildman–Crippen MR) is 66.6 cm³/mol. The zero-order chi connectivity index (χ0) is 12.1. The van der Waals surface area contributed by atoms with Crippen LogP contribution in [0.4, 0.5) is 0 Å². The van der Waals surface area contributed by atoms with E-state index in [1.807, 2.05) is 48.5 Å². The van der Waals surface area contributed by atoms with Crippen molar-refractivity contribution in [2.75, 3.05) is 6.73 Å². The first-order valence-electron chi connectivity index (χ1n) is 5.47. The van der Waals surface area contributed by atoms with E-state index in [9.17, 15) is 5.11 Å². The molecule has 1 atom stereocenters. The van der Waals surface area contributed by atoms with Crippen LogP contribution in [0.1, 0.15) is 17.2 Å². The van der Waals surface area contributed by atoms with Gasteiger partial charge in [-0.05, 0) is 11.6 Å². The van der Waals surface area contributed by atoms with E-state index in [0.717, 1.165) is 11.1 Å². The number of benzene rings is 2. The molecule has 0 aromatic heterocycles. The molecule has 0 aliphatic rings. The summed E-state index contributed by atoms with van der Waals surface area (Å²) in [5.41, 5.74) is 6.92. The maximum atomic E-state index is 10.3. The van der Waals surface area contributed by atoms with Gasteiger partial charge in [-0.3, -0.25) is 5.73 Å². The van der Waals surface area contributed by atoms with Crippen molar-refractivity contribution < 1.29 is 9.84 Å². The van der Waals surface area contributed by atoms with Crippen LogP contribution >= 0.6 is 0 Å². The van der Waals surface area contributed by atoms with Crippen LogP contribution in [0.25, 0.3) is 0 Å². The number of hydrogen-bond acceptors (Lipinski definition) is 3. The molecule has 0 aliphatic carbocycles. The van der Waals surface area contributed by atoms with Gasteiger partial charge in [0.2, 0.25) is 0 Å². The molecule has 2 aromatic carbocycles. The Hall–Kier alpha value is -1.84. The molecule has 0 saturated carbocycles. The zero-order valence-electron chi connectivity index (χ0n) is 9.41. The van der Waals surface area contributed by atoms with Crippen molar-refractivity contribution in [2.24, 2.45) is 5.73 Å². The van der Waals surface area contributed by atoms with Gasteiger partial charge in [0.05, 0.1) is 0 Å². The summed E-state index contributed by atoms with van der Waals surface area (Å²) in [6, 6.07) is 16.8. The first-order valence-corrected chi connectivity index (χ1v) is 5.47. The van der Waals surface area contributed by atoms with Gasteiger partial charge < -0.3 is 9.84 Å². The fourth-order valence-corrected chi connectivity index (χ4v) is 1.74. The van der Waals surface area contributed by atoms with Crippen molar-refractivity contribution >= 4 is 0 Å². The van der Waals surface area contributed by atoms with Gasteiger partial charge in [-0.15, -0.1) is 0 Å². The summed E-state index contributed by atoms with van der Waals surface area (Å²) < 4.78 is 5.30. The zero-order valence-corrected chi connectivity index (χ0v) is 9.41. The molecule has 17 heavy (non-hydrogen) atoms. The van der Waals surface area contributed by atoms with Crippen LogP contribution in [0.15, 0.2) is 54.6 Å². The smallest absolute Gasteiger partial charge is 0.137 e. The van der Waals surface area contributed by atoms with E-state index in [-0.39, 0.29) is 6.73 Å². The highest BCUT2D eigenvalue weighted by molar-refractivity contribution is 5.40. The van der Waals surface area contributed by atoms with Crippen molar-refractivity contribution in [1.29, 1.82) is 0 Å². The minimum Gasteiger partial charge on any atom is -0.478 e. The van der Waals surface area contributed by atoms with Crippen molar-refractivity contribution in [2.45, 2.75) is 6.10 Å². The Morgan fingerprint density at radius 1 is 1.00 bits per heavy atom. The van der Waals surface area contributed by atoms with Crippen molar-refractivity contribution in [1.82, 2.24) is 0 Å². The average Bonchev–Trinajstić information content (AvgIpc) is 2.40. The molecule has 3 N–H and O–H groups in total. The second-order valence-electron chi connectivity index (χ2n) is 3.66. The highest BCUT2D eigenvalue weighted by atomic mass is 16.5. The minimum atomic E-state index is -0.695. The number of aliphatic hydroxyl groups is 1. The summed E-state index contributed by atoms with van der Waals surface area (Å²) in [5, 5.41) is 10.3. The highest BCUT2D eigenvalue weighted by Gasteiger charge is 2.14. The molecule has 0 fully saturated rings. The Labute approximate surface area is 100 Å². The second kappa shape index (κ2) is 5.48. The van der Waals surface area contributed by atoms with Crippen molar-refractivity contribution in [3.8, 4) is 5.75 Å². The molecule has 0 spiro atoms. The molecule has 88 valence electrons. The van der Waals surface area contributed by atoms with Gasteiger partial charge >= 0.3 is 0 Å². The summed E-state index contributed by atoms with van der Waals surface area (Å²) in [7, 11) is 0.